The van der Waals surface area contributed by atoms with Crippen LogP contribution in [0, 0.1) is 0 Å². The first kappa shape index (κ1) is 37.8. The highest BCUT2D eigenvalue weighted by Crippen LogP contribution is 2.49. The van der Waals surface area contributed by atoms with Gasteiger partial charge >= 0.3 is 0 Å². The van der Waals surface area contributed by atoms with Gasteiger partial charge in [-0.15, -0.1) is 0 Å². The molecule has 1 aromatic heterocycles. The number of nitrogens with zero attached hydrogens (tertiary/aromatic N) is 2. The molecular formula is C64H42N2. The lowest BCUT2D eigenvalue weighted by atomic mass is 9.85. The molecule has 0 aliphatic heterocycles. The lowest BCUT2D eigenvalue weighted by Crippen LogP contribution is -2.11. The van der Waals surface area contributed by atoms with Crippen LogP contribution < -0.4 is 4.90 Å². The van der Waals surface area contributed by atoms with Crippen LogP contribution in [0.5, 0.6) is 0 Å². The molecule has 0 aliphatic rings. The average Bonchev–Trinajstić information content (AvgIpc) is 3.74. The Labute approximate surface area is 383 Å². The Morgan fingerprint density at radius 1 is 0.288 bits per heavy atom. The van der Waals surface area contributed by atoms with Crippen molar-refractivity contribution in [2.45, 2.75) is 0 Å². The van der Waals surface area contributed by atoms with E-state index in [1.165, 1.54) is 92.7 Å². The van der Waals surface area contributed by atoms with Crippen molar-refractivity contribution in [3.63, 3.8) is 0 Å². The number of rotatable bonds is 7. The van der Waals surface area contributed by atoms with Crippen LogP contribution in [0.25, 0.3) is 104 Å². The van der Waals surface area contributed by atoms with E-state index in [1.54, 1.807) is 0 Å². The average molecular weight is 839 g/mol. The van der Waals surface area contributed by atoms with Gasteiger partial charge in [-0.25, -0.2) is 0 Å². The van der Waals surface area contributed by atoms with Crippen LogP contribution in [0.15, 0.2) is 255 Å². The molecule has 2 nitrogen and oxygen atoms in total. The van der Waals surface area contributed by atoms with Crippen LogP contribution in [0.4, 0.5) is 17.1 Å². The second kappa shape index (κ2) is 15.5. The molecule has 0 saturated heterocycles. The zero-order valence-electron chi connectivity index (χ0n) is 36.1. The third-order valence-corrected chi connectivity index (χ3v) is 13.5. The van der Waals surface area contributed by atoms with E-state index < -0.39 is 0 Å². The summed E-state index contributed by atoms with van der Waals surface area (Å²) in [7, 11) is 0. The highest BCUT2D eigenvalue weighted by atomic mass is 15.1. The van der Waals surface area contributed by atoms with E-state index in [4.69, 9.17) is 0 Å². The summed E-state index contributed by atoms with van der Waals surface area (Å²) in [6, 6.07) is 93.4. The molecule has 12 aromatic carbocycles. The van der Waals surface area contributed by atoms with Gasteiger partial charge in [0.15, 0.2) is 0 Å². The predicted molar refractivity (Wildman–Crippen MR) is 282 cm³/mol. The monoisotopic (exact) mass is 838 g/mol. The van der Waals surface area contributed by atoms with Gasteiger partial charge in [0, 0.05) is 38.8 Å². The Morgan fingerprint density at radius 2 is 0.803 bits per heavy atom. The highest BCUT2D eigenvalue weighted by Gasteiger charge is 2.23. The summed E-state index contributed by atoms with van der Waals surface area (Å²) in [6.07, 6.45) is 0. The fraction of sp³-hybridized carbons (Fsp3) is 0. The molecular weight excluding hydrogens is 797 g/mol. The molecule has 0 radical (unpaired) electrons. The largest absolute Gasteiger partial charge is 0.310 e. The number of fused-ring (bicyclic) bond motifs is 9. The van der Waals surface area contributed by atoms with Crippen molar-refractivity contribution < 1.29 is 0 Å². The van der Waals surface area contributed by atoms with E-state index in [-0.39, 0.29) is 0 Å². The van der Waals surface area contributed by atoms with Gasteiger partial charge in [-0.1, -0.05) is 206 Å². The Kier molecular flexibility index (Phi) is 8.89. The van der Waals surface area contributed by atoms with Crippen LogP contribution in [-0.4, -0.2) is 4.57 Å². The molecule has 0 aliphatic carbocycles. The van der Waals surface area contributed by atoms with Crippen molar-refractivity contribution in [2.75, 3.05) is 4.90 Å². The smallest absolute Gasteiger partial charge is 0.0619 e. The predicted octanol–water partition coefficient (Wildman–Crippen LogP) is 17.9. The van der Waals surface area contributed by atoms with E-state index >= 15 is 0 Å². The molecule has 0 bridgehead atoms. The number of anilines is 3. The first-order valence-electron chi connectivity index (χ1n) is 22.8. The molecule has 0 fully saturated rings. The van der Waals surface area contributed by atoms with E-state index in [0.29, 0.717) is 0 Å². The number of hydrogen-bond donors (Lipinski definition) is 0. The van der Waals surface area contributed by atoms with Crippen LogP contribution in [-0.2, 0) is 0 Å². The second-order valence-electron chi connectivity index (χ2n) is 17.2. The van der Waals surface area contributed by atoms with Gasteiger partial charge in [0.05, 0.1) is 16.7 Å². The number of benzene rings is 12. The van der Waals surface area contributed by atoms with Crippen LogP contribution in [0.3, 0.4) is 0 Å². The van der Waals surface area contributed by atoms with E-state index in [1.807, 2.05) is 0 Å². The van der Waals surface area contributed by atoms with Gasteiger partial charge in [0.1, 0.15) is 0 Å². The molecule has 1 heterocycles. The SMILES string of the molecule is c1ccc(-c2c(-c3ccccc3)c3cc(N(c4ccc(-c5cccc6c7ccccc7n(-c7ccccc7)c56)cc4)c4cc5ccccc5c5ccccc45)ccc3c3ccccc23)cc1. The molecule has 66 heavy (non-hydrogen) atoms. The van der Waals surface area contributed by atoms with Crippen molar-refractivity contribution in [3.05, 3.63) is 255 Å². The van der Waals surface area contributed by atoms with Crippen molar-refractivity contribution in [3.8, 4) is 39.1 Å². The summed E-state index contributed by atoms with van der Waals surface area (Å²) in [5, 5.41) is 12.3. The molecule has 0 N–H and O–H groups in total. The van der Waals surface area contributed by atoms with Crippen molar-refractivity contribution in [1.29, 1.82) is 0 Å². The molecule has 0 amide bonds. The molecule has 0 unspecified atom stereocenters. The molecule has 13 aromatic rings. The fourth-order valence-corrected chi connectivity index (χ4v) is 10.7. The Balaban J connectivity index is 1.08. The first-order chi connectivity index (χ1) is 32.8. The lowest BCUT2D eigenvalue weighted by molar-refractivity contribution is 1.18. The Hall–Kier alpha value is -8.72. The molecule has 308 valence electrons. The van der Waals surface area contributed by atoms with Gasteiger partial charge < -0.3 is 9.47 Å². The molecule has 0 saturated carbocycles. The lowest BCUT2D eigenvalue weighted by Gasteiger charge is -2.29. The minimum Gasteiger partial charge on any atom is -0.310 e. The third-order valence-electron chi connectivity index (χ3n) is 13.5. The summed E-state index contributed by atoms with van der Waals surface area (Å²) >= 11 is 0. The molecule has 0 atom stereocenters. The minimum atomic E-state index is 1.08. The van der Waals surface area contributed by atoms with Crippen LogP contribution in [0.2, 0.25) is 0 Å². The van der Waals surface area contributed by atoms with Gasteiger partial charge in [-0.05, 0) is 114 Å². The summed E-state index contributed by atoms with van der Waals surface area (Å²) in [6.45, 7) is 0. The van der Waals surface area contributed by atoms with Crippen LogP contribution >= 0.6 is 0 Å². The highest BCUT2D eigenvalue weighted by molar-refractivity contribution is 6.23. The minimum absolute atomic E-state index is 1.08. The van der Waals surface area contributed by atoms with Crippen molar-refractivity contribution in [2.24, 2.45) is 0 Å². The zero-order valence-corrected chi connectivity index (χ0v) is 36.1. The normalized spacial score (nSPS) is 11.6. The van der Waals surface area contributed by atoms with Gasteiger partial charge in [0.2, 0.25) is 0 Å². The fourth-order valence-electron chi connectivity index (χ4n) is 10.7. The number of hydrogen-bond acceptors (Lipinski definition) is 1. The maximum absolute atomic E-state index is 2.48. The quantitative estimate of drug-likeness (QED) is 0.145. The van der Waals surface area contributed by atoms with Crippen molar-refractivity contribution in [1.82, 2.24) is 4.57 Å². The molecule has 13 rings (SSSR count). The first-order valence-corrected chi connectivity index (χ1v) is 22.8. The van der Waals surface area contributed by atoms with Crippen LogP contribution in [0.1, 0.15) is 0 Å². The second-order valence-corrected chi connectivity index (χ2v) is 17.2. The van der Waals surface area contributed by atoms with Crippen molar-refractivity contribution >= 4 is 82.0 Å². The topological polar surface area (TPSA) is 8.17 Å². The summed E-state index contributed by atoms with van der Waals surface area (Å²) in [4.78, 5) is 2.48. The maximum atomic E-state index is 2.48. The maximum Gasteiger partial charge on any atom is 0.0619 e. The number of para-hydroxylation sites is 3. The third kappa shape index (κ3) is 6.04. The van der Waals surface area contributed by atoms with E-state index in [2.05, 4.69) is 264 Å². The summed E-state index contributed by atoms with van der Waals surface area (Å²) in [5.74, 6) is 0. The Morgan fingerprint density at radius 3 is 1.52 bits per heavy atom. The van der Waals surface area contributed by atoms with E-state index in [0.717, 1.165) is 28.3 Å². The zero-order chi connectivity index (χ0) is 43.6. The van der Waals surface area contributed by atoms with Gasteiger partial charge in [-0.3, -0.25) is 0 Å². The standard InChI is InChI=1S/C64H42N2/c1-4-19-44(20-5-1)62-57-31-15-13-28-53(57)54-40-39-49(42-59(54)63(62)45-21-6-2-7-22-45)65(61-41-46-23-10-11-26-50(46)52-27-12-14-29-55(52)61)48-37-35-43(36-38-48)51-32-18-33-58-56-30-16-17-34-60(56)66(64(51)58)47-24-8-3-9-25-47/h1-42H. The summed E-state index contributed by atoms with van der Waals surface area (Å²) in [5.41, 5.74) is 14.1. The summed E-state index contributed by atoms with van der Waals surface area (Å²) < 4.78 is 2.42. The Bertz CT molecular complexity index is 3960. The van der Waals surface area contributed by atoms with E-state index in [9.17, 15) is 0 Å². The number of aromatic nitrogens is 1. The van der Waals surface area contributed by atoms with Gasteiger partial charge in [0.25, 0.3) is 0 Å². The molecule has 0 spiro atoms. The molecule has 2 heteroatoms. The van der Waals surface area contributed by atoms with Gasteiger partial charge in [-0.2, -0.15) is 0 Å².